The molecule has 0 saturated carbocycles. The van der Waals surface area contributed by atoms with Crippen LogP contribution in [0.4, 0.5) is 18.3 Å². The fourth-order valence-corrected chi connectivity index (χ4v) is 5.81. The van der Waals surface area contributed by atoms with E-state index in [9.17, 15) is 18.0 Å². The second-order valence-electron chi connectivity index (χ2n) is 9.30. The number of fused-ring (bicyclic) bond motifs is 1. The lowest BCUT2D eigenvalue weighted by atomic mass is 9.82. The van der Waals surface area contributed by atoms with Crippen molar-refractivity contribution in [3.8, 4) is 16.5 Å². The minimum absolute atomic E-state index is 0.135. The molecular weight excluding hydrogens is 533 g/mol. The van der Waals surface area contributed by atoms with E-state index >= 15 is 0 Å². The van der Waals surface area contributed by atoms with E-state index in [1.165, 1.54) is 23.5 Å². The first-order valence-electron chi connectivity index (χ1n) is 12.1. The number of aromatic nitrogens is 5. The standard InChI is InChI=1S/C26H21F3N6O3S/c27-26(28,29)19-7-3-1-5-16(19)18-13-25(38-20-8-4-2-6-17(18)20)9-11-34(12-10-25)24-30-14-21(39-24)23-31-33-35(32-23)15-22(36)37/h1-8,13-14H,9-12,15H2,(H,36,37). The maximum absolute atomic E-state index is 13.9. The number of tetrazole rings is 1. The number of alkyl halides is 3. The number of piperidine rings is 1. The summed E-state index contributed by atoms with van der Waals surface area (Å²) in [5.74, 6) is -0.220. The van der Waals surface area contributed by atoms with Gasteiger partial charge in [-0.1, -0.05) is 47.7 Å². The summed E-state index contributed by atoms with van der Waals surface area (Å²) in [6.45, 7) is 0.747. The van der Waals surface area contributed by atoms with Gasteiger partial charge >= 0.3 is 12.1 Å². The average molecular weight is 555 g/mol. The number of carboxylic acid groups (broad SMARTS) is 1. The van der Waals surface area contributed by atoms with Crippen molar-refractivity contribution < 1.29 is 27.8 Å². The number of rotatable bonds is 5. The number of carbonyl (C=O) groups is 1. The van der Waals surface area contributed by atoms with E-state index in [4.69, 9.17) is 9.84 Å². The molecular formula is C26H21F3N6O3S. The van der Waals surface area contributed by atoms with Crippen molar-refractivity contribution in [1.82, 2.24) is 25.2 Å². The molecule has 0 unspecified atom stereocenters. The summed E-state index contributed by atoms with van der Waals surface area (Å²) in [5, 5.41) is 21.4. The van der Waals surface area contributed by atoms with E-state index in [1.807, 2.05) is 12.1 Å². The van der Waals surface area contributed by atoms with Gasteiger partial charge in [0.2, 0.25) is 5.82 Å². The minimum Gasteiger partial charge on any atom is -0.482 e. The normalized spacial score (nSPS) is 16.5. The molecule has 0 atom stereocenters. The van der Waals surface area contributed by atoms with Gasteiger partial charge in [0.15, 0.2) is 11.7 Å². The first-order chi connectivity index (χ1) is 18.7. The smallest absolute Gasteiger partial charge is 0.417 e. The number of thiazole rings is 1. The molecule has 0 radical (unpaired) electrons. The van der Waals surface area contributed by atoms with Crippen molar-refractivity contribution in [3.63, 3.8) is 0 Å². The van der Waals surface area contributed by atoms with Crippen LogP contribution in [-0.2, 0) is 17.5 Å². The van der Waals surface area contributed by atoms with Crippen molar-refractivity contribution in [3.05, 3.63) is 77.5 Å². The van der Waals surface area contributed by atoms with Gasteiger partial charge in [-0.25, -0.2) is 4.98 Å². The maximum atomic E-state index is 13.9. The lowest BCUT2D eigenvalue weighted by Gasteiger charge is -2.43. The first kappa shape index (κ1) is 25.0. The molecule has 39 heavy (non-hydrogen) atoms. The Morgan fingerprint density at radius 1 is 1.08 bits per heavy atom. The first-order valence-corrected chi connectivity index (χ1v) is 12.9. The van der Waals surface area contributed by atoms with Gasteiger partial charge < -0.3 is 14.7 Å². The Labute approximate surface area is 224 Å². The summed E-state index contributed by atoms with van der Waals surface area (Å²) in [6, 6.07) is 12.8. The molecule has 9 nitrogen and oxygen atoms in total. The molecule has 0 bridgehead atoms. The summed E-state index contributed by atoms with van der Waals surface area (Å²) in [4.78, 5) is 19.1. The number of hydrogen-bond acceptors (Lipinski definition) is 8. The quantitative estimate of drug-likeness (QED) is 0.376. The van der Waals surface area contributed by atoms with Crippen LogP contribution in [0.5, 0.6) is 5.75 Å². The fourth-order valence-electron chi connectivity index (χ4n) is 4.92. The van der Waals surface area contributed by atoms with E-state index in [0.717, 1.165) is 16.0 Å². The van der Waals surface area contributed by atoms with Crippen LogP contribution in [0.1, 0.15) is 29.5 Å². The Bertz CT molecular complexity index is 1570. The van der Waals surface area contributed by atoms with Gasteiger partial charge in [0, 0.05) is 31.5 Å². The summed E-state index contributed by atoms with van der Waals surface area (Å²) in [6.07, 6.45) is 0.0701. The molecule has 6 rings (SSSR count). The van der Waals surface area contributed by atoms with Gasteiger partial charge in [-0.15, -0.1) is 10.2 Å². The predicted molar refractivity (Wildman–Crippen MR) is 136 cm³/mol. The third kappa shape index (κ3) is 4.85. The van der Waals surface area contributed by atoms with Crippen LogP contribution in [0.3, 0.4) is 0 Å². The third-order valence-electron chi connectivity index (χ3n) is 6.74. The minimum atomic E-state index is -4.49. The number of para-hydroxylation sites is 1. The van der Waals surface area contributed by atoms with Crippen molar-refractivity contribution in [2.24, 2.45) is 0 Å². The molecule has 2 aromatic carbocycles. The van der Waals surface area contributed by atoms with Crippen molar-refractivity contribution in [2.45, 2.75) is 31.2 Å². The van der Waals surface area contributed by atoms with Gasteiger partial charge in [-0.05, 0) is 34.6 Å². The Hall–Kier alpha value is -4.26. The van der Waals surface area contributed by atoms with Crippen molar-refractivity contribution in [1.29, 1.82) is 0 Å². The predicted octanol–water partition coefficient (Wildman–Crippen LogP) is 4.76. The number of ether oxygens (including phenoxy) is 1. The highest BCUT2D eigenvalue weighted by molar-refractivity contribution is 7.18. The lowest BCUT2D eigenvalue weighted by Crippen LogP contribution is -2.48. The second kappa shape index (κ2) is 9.49. The van der Waals surface area contributed by atoms with Crippen LogP contribution >= 0.6 is 11.3 Å². The number of benzene rings is 2. The molecule has 1 N–H and O–H groups in total. The molecule has 200 valence electrons. The summed E-state index contributed by atoms with van der Waals surface area (Å²) < 4.78 is 48.2. The maximum Gasteiger partial charge on any atom is 0.417 e. The van der Waals surface area contributed by atoms with E-state index in [2.05, 4.69) is 25.3 Å². The molecule has 2 aliphatic heterocycles. The van der Waals surface area contributed by atoms with Crippen molar-refractivity contribution in [2.75, 3.05) is 18.0 Å². The molecule has 4 aromatic rings. The molecule has 1 saturated heterocycles. The number of halogens is 3. The highest BCUT2D eigenvalue weighted by Crippen LogP contribution is 2.46. The van der Waals surface area contributed by atoms with Crippen LogP contribution in [0.25, 0.3) is 16.3 Å². The molecule has 2 aliphatic rings. The second-order valence-corrected chi connectivity index (χ2v) is 10.3. The zero-order chi connectivity index (χ0) is 27.2. The Balaban J connectivity index is 1.26. The lowest BCUT2D eigenvalue weighted by molar-refractivity contribution is -0.138. The number of anilines is 1. The number of aliphatic carboxylic acids is 1. The molecule has 4 heterocycles. The molecule has 1 fully saturated rings. The zero-order valence-corrected chi connectivity index (χ0v) is 21.1. The summed E-state index contributed by atoms with van der Waals surface area (Å²) in [7, 11) is 0. The third-order valence-corrected chi connectivity index (χ3v) is 7.80. The summed E-state index contributed by atoms with van der Waals surface area (Å²) in [5.41, 5.74) is -0.152. The van der Waals surface area contributed by atoms with Gasteiger partial charge in [0.05, 0.1) is 16.6 Å². The largest absolute Gasteiger partial charge is 0.482 e. The number of carboxylic acids is 1. The van der Waals surface area contributed by atoms with Gasteiger partial charge in [0.25, 0.3) is 0 Å². The molecule has 2 aromatic heterocycles. The molecule has 0 amide bonds. The van der Waals surface area contributed by atoms with E-state index in [-0.39, 0.29) is 17.9 Å². The van der Waals surface area contributed by atoms with Crippen LogP contribution in [0, 0.1) is 0 Å². The van der Waals surface area contributed by atoms with Crippen LogP contribution in [-0.4, -0.2) is 55.0 Å². The van der Waals surface area contributed by atoms with E-state index < -0.39 is 23.3 Å². The zero-order valence-electron chi connectivity index (χ0n) is 20.3. The average Bonchev–Trinajstić information content (AvgIpc) is 3.58. The van der Waals surface area contributed by atoms with Gasteiger partial charge in [-0.2, -0.15) is 18.0 Å². The van der Waals surface area contributed by atoms with E-state index in [1.54, 1.807) is 30.5 Å². The van der Waals surface area contributed by atoms with Crippen molar-refractivity contribution >= 4 is 28.0 Å². The Kier molecular flexibility index (Phi) is 6.09. The SMILES string of the molecule is O=C(O)Cn1nnc(-c2cnc(N3CCC4(C=C(c5ccccc5C(F)(F)F)c5ccccc5O4)CC3)s2)n1. The number of nitrogens with zero attached hydrogens (tertiary/aromatic N) is 6. The Morgan fingerprint density at radius 2 is 1.79 bits per heavy atom. The summed E-state index contributed by atoms with van der Waals surface area (Å²) >= 11 is 1.36. The number of hydrogen-bond donors (Lipinski definition) is 1. The van der Waals surface area contributed by atoms with E-state index in [0.29, 0.717) is 47.7 Å². The van der Waals surface area contributed by atoms with Crippen LogP contribution in [0.15, 0.2) is 60.8 Å². The van der Waals surface area contributed by atoms with Crippen LogP contribution < -0.4 is 9.64 Å². The molecule has 1 spiro atoms. The molecule has 13 heteroatoms. The Morgan fingerprint density at radius 3 is 2.54 bits per heavy atom. The van der Waals surface area contributed by atoms with Crippen LogP contribution in [0.2, 0.25) is 0 Å². The van der Waals surface area contributed by atoms with Gasteiger partial charge in [-0.3, -0.25) is 4.79 Å². The topological polar surface area (TPSA) is 106 Å². The van der Waals surface area contributed by atoms with Gasteiger partial charge in [0.1, 0.15) is 11.4 Å². The molecule has 0 aliphatic carbocycles. The highest BCUT2D eigenvalue weighted by atomic mass is 32.1. The monoisotopic (exact) mass is 554 g/mol. The highest BCUT2D eigenvalue weighted by Gasteiger charge is 2.41. The fraction of sp³-hybridized carbons (Fsp3) is 0.269.